The molecule has 0 aliphatic carbocycles. The number of fused-ring (bicyclic) bond motifs is 3. The smallest absolute Gasteiger partial charge is 0.282 e. The van der Waals surface area contributed by atoms with E-state index in [0.29, 0.717) is 13.0 Å². The predicted octanol–water partition coefficient (Wildman–Crippen LogP) is 3.59. The van der Waals surface area contributed by atoms with E-state index in [-0.39, 0.29) is 18.6 Å². The SMILES string of the molecule is C[C@@H]1Cc2c([nH]c3ccccc23)[C@@H](c2ccc(OCCN3CC(CF)C3)cc2)N1S(=O)(=O)N(C)C. The number of ether oxygens (including phenoxy) is 1. The van der Waals surface area contributed by atoms with Crippen LogP contribution in [0.3, 0.4) is 0 Å². The molecular weight excluding hydrogens is 467 g/mol. The lowest BCUT2D eigenvalue weighted by Gasteiger charge is -2.40. The van der Waals surface area contributed by atoms with E-state index in [1.165, 1.54) is 9.87 Å². The van der Waals surface area contributed by atoms with Gasteiger partial charge in [0.2, 0.25) is 0 Å². The van der Waals surface area contributed by atoms with E-state index in [0.717, 1.165) is 47.5 Å². The maximum absolute atomic E-state index is 13.4. The molecule has 3 heterocycles. The minimum Gasteiger partial charge on any atom is -0.492 e. The van der Waals surface area contributed by atoms with Crippen molar-refractivity contribution in [2.24, 2.45) is 5.92 Å². The highest BCUT2D eigenvalue weighted by Gasteiger charge is 2.43. The third kappa shape index (κ3) is 4.46. The number of nitrogens with one attached hydrogen (secondary N) is 1. The van der Waals surface area contributed by atoms with Gasteiger partial charge in [-0.05, 0) is 42.7 Å². The molecule has 2 aliphatic heterocycles. The second-order valence-corrected chi connectivity index (χ2v) is 11.9. The predicted molar refractivity (Wildman–Crippen MR) is 136 cm³/mol. The molecule has 0 saturated carbocycles. The van der Waals surface area contributed by atoms with E-state index in [4.69, 9.17) is 4.74 Å². The zero-order chi connectivity index (χ0) is 24.7. The van der Waals surface area contributed by atoms with Crippen molar-refractivity contribution in [1.82, 2.24) is 18.5 Å². The van der Waals surface area contributed by atoms with E-state index in [1.807, 2.05) is 49.4 Å². The van der Waals surface area contributed by atoms with E-state index in [1.54, 1.807) is 18.4 Å². The topological polar surface area (TPSA) is 68.9 Å². The number of likely N-dealkylation sites (tertiary alicyclic amines) is 1. The number of nitrogens with zero attached hydrogens (tertiary/aromatic N) is 3. The Balaban J connectivity index is 1.43. The highest BCUT2D eigenvalue weighted by Crippen LogP contribution is 2.42. The van der Waals surface area contributed by atoms with Gasteiger partial charge in [0, 0.05) is 62.3 Å². The monoisotopic (exact) mass is 500 g/mol. The number of aromatic nitrogens is 1. The summed E-state index contributed by atoms with van der Waals surface area (Å²) in [7, 11) is -0.532. The Bertz CT molecular complexity index is 1290. The van der Waals surface area contributed by atoms with Gasteiger partial charge in [-0.1, -0.05) is 30.3 Å². The highest BCUT2D eigenvalue weighted by atomic mass is 32.2. The zero-order valence-corrected chi connectivity index (χ0v) is 21.3. The molecule has 0 amide bonds. The fraction of sp³-hybridized carbons (Fsp3) is 0.462. The summed E-state index contributed by atoms with van der Waals surface area (Å²) in [4.78, 5) is 5.70. The number of hydrogen-bond donors (Lipinski definition) is 1. The van der Waals surface area contributed by atoms with Crippen molar-refractivity contribution in [2.45, 2.75) is 25.4 Å². The molecule has 3 aromatic rings. The fourth-order valence-electron chi connectivity index (χ4n) is 5.30. The second-order valence-electron chi connectivity index (χ2n) is 9.84. The number of aromatic amines is 1. The van der Waals surface area contributed by atoms with Crippen LogP contribution in [0, 0.1) is 5.92 Å². The van der Waals surface area contributed by atoms with Gasteiger partial charge in [0.1, 0.15) is 12.4 Å². The normalized spacial score (nSPS) is 21.9. The Morgan fingerprint density at radius 1 is 1.11 bits per heavy atom. The van der Waals surface area contributed by atoms with Crippen LogP contribution in [-0.4, -0.2) is 80.0 Å². The molecule has 1 saturated heterocycles. The first-order valence-electron chi connectivity index (χ1n) is 12.1. The Morgan fingerprint density at radius 2 is 1.83 bits per heavy atom. The molecule has 35 heavy (non-hydrogen) atoms. The Morgan fingerprint density at radius 3 is 2.51 bits per heavy atom. The third-order valence-corrected chi connectivity index (χ3v) is 9.19. The van der Waals surface area contributed by atoms with Crippen molar-refractivity contribution in [3.63, 3.8) is 0 Å². The second kappa shape index (κ2) is 9.54. The van der Waals surface area contributed by atoms with Crippen molar-refractivity contribution >= 4 is 21.1 Å². The van der Waals surface area contributed by atoms with Crippen LogP contribution < -0.4 is 4.74 Å². The van der Waals surface area contributed by atoms with Crippen LogP contribution in [0.4, 0.5) is 4.39 Å². The van der Waals surface area contributed by atoms with Crippen LogP contribution in [0.15, 0.2) is 48.5 Å². The number of para-hydroxylation sites is 1. The Kier molecular flexibility index (Phi) is 6.61. The van der Waals surface area contributed by atoms with Gasteiger partial charge in [0.15, 0.2) is 0 Å². The minimum atomic E-state index is -3.68. The number of halogens is 1. The van der Waals surface area contributed by atoms with Crippen LogP contribution in [0.25, 0.3) is 10.9 Å². The molecule has 1 fully saturated rings. The molecule has 1 aromatic heterocycles. The molecule has 188 valence electrons. The van der Waals surface area contributed by atoms with Gasteiger partial charge in [-0.25, -0.2) is 0 Å². The maximum atomic E-state index is 13.4. The first kappa shape index (κ1) is 24.2. The molecule has 5 rings (SSSR count). The number of benzene rings is 2. The largest absolute Gasteiger partial charge is 0.492 e. The van der Waals surface area contributed by atoms with Gasteiger partial charge >= 0.3 is 0 Å². The van der Waals surface area contributed by atoms with Crippen LogP contribution in [0.5, 0.6) is 5.75 Å². The number of alkyl halides is 1. The van der Waals surface area contributed by atoms with E-state index in [9.17, 15) is 12.8 Å². The van der Waals surface area contributed by atoms with Crippen molar-refractivity contribution in [1.29, 1.82) is 0 Å². The average molecular weight is 501 g/mol. The van der Waals surface area contributed by atoms with Gasteiger partial charge < -0.3 is 9.72 Å². The summed E-state index contributed by atoms with van der Waals surface area (Å²) in [6.45, 7) is 4.61. The lowest BCUT2D eigenvalue weighted by atomic mass is 9.91. The fourth-order valence-corrected chi connectivity index (χ4v) is 6.70. The molecule has 9 heteroatoms. The van der Waals surface area contributed by atoms with Crippen LogP contribution >= 0.6 is 0 Å². The molecule has 2 aliphatic rings. The molecular formula is C26H33FN4O3S. The molecule has 1 N–H and O–H groups in total. The number of H-pyrrole nitrogens is 1. The Labute approximate surface area is 206 Å². The third-order valence-electron chi connectivity index (χ3n) is 7.16. The average Bonchev–Trinajstić information content (AvgIpc) is 3.18. The van der Waals surface area contributed by atoms with E-state index in [2.05, 4.69) is 16.0 Å². The maximum Gasteiger partial charge on any atom is 0.282 e. The lowest BCUT2D eigenvalue weighted by Crippen LogP contribution is -2.50. The molecule has 0 spiro atoms. The van der Waals surface area contributed by atoms with Crippen molar-refractivity contribution < 1.29 is 17.5 Å². The summed E-state index contributed by atoms with van der Waals surface area (Å²) in [5.74, 6) is 0.905. The molecule has 2 aromatic carbocycles. The van der Waals surface area contributed by atoms with Gasteiger partial charge in [0.25, 0.3) is 10.2 Å². The molecule has 0 radical (unpaired) electrons. The summed E-state index contributed by atoms with van der Waals surface area (Å²) in [5, 5.41) is 1.14. The first-order chi connectivity index (χ1) is 16.8. The first-order valence-corrected chi connectivity index (χ1v) is 13.5. The minimum absolute atomic E-state index is 0.170. The summed E-state index contributed by atoms with van der Waals surface area (Å²) < 4.78 is 48.3. The molecule has 2 atom stereocenters. The highest BCUT2D eigenvalue weighted by molar-refractivity contribution is 7.86. The van der Waals surface area contributed by atoms with Crippen molar-refractivity contribution in [3.05, 3.63) is 65.4 Å². The standard InChI is InChI=1S/C26H33FN4O3S/c1-18-14-23-22-6-4-5-7-24(22)28-25(23)26(31(18)35(32,33)29(2)3)20-8-10-21(11-9-20)34-13-12-30-16-19(15-27)17-30/h4-11,18-19,26,28H,12-17H2,1-3H3/t18-,26-/m1/s1. The van der Waals surface area contributed by atoms with Crippen molar-refractivity contribution in [3.8, 4) is 5.75 Å². The summed E-state index contributed by atoms with van der Waals surface area (Å²) in [6.07, 6.45) is 0.643. The van der Waals surface area contributed by atoms with Gasteiger partial charge in [-0.2, -0.15) is 17.0 Å². The van der Waals surface area contributed by atoms with Crippen LogP contribution in [-0.2, 0) is 16.6 Å². The summed E-state index contributed by atoms with van der Waals surface area (Å²) >= 11 is 0. The Hall–Kier alpha value is -2.46. The van der Waals surface area contributed by atoms with E-state index < -0.39 is 16.3 Å². The van der Waals surface area contributed by atoms with Gasteiger partial charge in [0.05, 0.1) is 12.7 Å². The number of rotatable bonds is 8. The molecule has 0 bridgehead atoms. The lowest BCUT2D eigenvalue weighted by molar-refractivity contribution is 0.0668. The van der Waals surface area contributed by atoms with Crippen molar-refractivity contribution in [2.75, 3.05) is 47.0 Å². The van der Waals surface area contributed by atoms with E-state index >= 15 is 0 Å². The van der Waals surface area contributed by atoms with Gasteiger partial charge in [-0.15, -0.1) is 0 Å². The quantitative estimate of drug-likeness (QED) is 0.513. The summed E-state index contributed by atoms with van der Waals surface area (Å²) in [6, 6.07) is 15.2. The molecule has 7 nitrogen and oxygen atoms in total. The van der Waals surface area contributed by atoms with Gasteiger partial charge in [-0.3, -0.25) is 9.29 Å². The zero-order valence-electron chi connectivity index (χ0n) is 20.4. The number of hydrogen-bond acceptors (Lipinski definition) is 4. The van der Waals surface area contributed by atoms with Crippen LogP contribution in [0.1, 0.15) is 29.8 Å². The summed E-state index contributed by atoms with van der Waals surface area (Å²) in [5.41, 5.74) is 3.99. The molecule has 0 unspecified atom stereocenters. The van der Waals surface area contributed by atoms with Crippen LogP contribution in [0.2, 0.25) is 0 Å².